The number of hydrogen-bond donors (Lipinski definition) is 1. The number of hydrogen-bond acceptors (Lipinski definition) is 7. The SMILES string of the molecule is CC1=NC(C)=C(C(=O)NCCCN2CCOCC2)C(c2cccc(Cl)c2)C1C(=O)OCCC#N. The van der Waals surface area contributed by atoms with Crippen molar-refractivity contribution in [3.63, 3.8) is 0 Å². The summed E-state index contributed by atoms with van der Waals surface area (Å²) in [5.74, 6) is -2.14. The van der Waals surface area contributed by atoms with Gasteiger partial charge < -0.3 is 14.8 Å². The molecule has 8 nitrogen and oxygen atoms in total. The van der Waals surface area contributed by atoms with Crippen molar-refractivity contribution in [3.05, 3.63) is 46.1 Å². The minimum absolute atomic E-state index is 0.00680. The molecule has 0 saturated carbocycles. The molecule has 182 valence electrons. The molecule has 2 aliphatic rings. The molecule has 1 N–H and O–H groups in total. The van der Waals surface area contributed by atoms with E-state index in [4.69, 9.17) is 26.3 Å². The van der Waals surface area contributed by atoms with Crippen molar-refractivity contribution < 1.29 is 19.1 Å². The largest absolute Gasteiger partial charge is 0.464 e. The third-order valence-corrected chi connectivity index (χ3v) is 6.27. The lowest BCUT2D eigenvalue weighted by atomic mass is 9.75. The minimum atomic E-state index is -0.782. The Morgan fingerprint density at radius 1 is 1.32 bits per heavy atom. The summed E-state index contributed by atoms with van der Waals surface area (Å²) in [6, 6.07) is 9.12. The first-order valence-corrected chi connectivity index (χ1v) is 11.9. The Morgan fingerprint density at radius 3 is 2.79 bits per heavy atom. The maximum atomic E-state index is 13.4. The average Bonchev–Trinajstić information content (AvgIpc) is 2.82. The van der Waals surface area contributed by atoms with Crippen molar-refractivity contribution in [2.75, 3.05) is 46.0 Å². The second-order valence-corrected chi connectivity index (χ2v) is 8.84. The molecule has 0 bridgehead atoms. The normalized spacial score (nSPS) is 20.9. The number of aliphatic imine (C=N–C) groups is 1. The molecular formula is C25H31ClN4O4. The molecule has 1 aromatic rings. The van der Waals surface area contributed by atoms with Gasteiger partial charge in [0.25, 0.3) is 0 Å². The number of morpholine rings is 1. The number of nitriles is 1. The van der Waals surface area contributed by atoms with Crippen molar-refractivity contribution in [3.8, 4) is 6.07 Å². The molecule has 2 atom stereocenters. The lowest BCUT2D eigenvalue weighted by molar-refractivity contribution is -0.146. The van der Waals surface area contributed by atoms with Crippen LogP contribution in [0.3, 0.4) is 0 Å². The first-order chi connectivity index (χ1) is 16.4. The number of halogens is 1. The predicted octanol–water partition coefficient (Wildman–Crippen LogP) is 3.08. The van der Waals surface area contributed by atoms with Crippen LogP contribution in [0.15, 0.2) is 40.5 Å². The third-order valence-electron chi connectivity index (χ3n) is 6.03. The van der Waals surface area contributed by atoms with Gasteiger partial charge >= 0.3 is 5.97 Å². The molecule has 0 aromatic heterocycles. The van der Waals surface area contributed by atoms with Crippen LogP contribution < -0.4 is 5.32 Å². The van der Waals surface area contributed by atoms with Gasteiger partial charge in [-0.1, -0.05) is 23.7 Å². The van der Waals surface area contributed by atoms with Crippen LogP contribution in [-0.2, 0) is 19.1 Å². The molecule has 0 aliphatic carbocycles. The molecule has 9 heteroatoms. The summed E-state index contributed by atoms with van der Waals surface area (Å²) >= 11 is 6.26. The summed E-state index contributed by atoms with van der Waals surface area (Å²) in [6.45, 7) is 8.20. The molecule has 2 heterocycles. The van der Waals surface area contributed by atoms with Crippen LogP contribution in [0.2, 0.25) is 5.02 Å². The van der Waals surface area contributed by atoms with Gasteiger partial charge in [0.2, 0.25) is 5.91 Å². The average molecular weight is 487 g/mol. The standard InChI is InChI=1S/C25H31ClN4O4/c1-17-21(24(31)28-9-5-10-30-11-14-33-15-12-30)23(19-6-3-7-20(26)16-19)22(18(2)29-17)25(32)34-13-4-8-27/h3,6-7,16,22-23H,4-5,9-15H2,1-2H3,(H,28,31). The van der Waals surface area contributed by atoms with Gasteiger partial charge in [-0.15, -0.1) is 0 Å². The fourth-order valence-corrected chi connectivity index (χ4v) is 4.61. The monoisotopic (exact) mass is 486 g/mol. The summed E-state index contributed by atoms with van der Waals surface area (Å²) in [6.07, 6.45) is 0.906. The van der Waals surface area contributed by atoms with E-state index in [0.29, 0.717) is 28.5 Å². The molecule has 1 amide bonds. The number of carbonyl (C=O) groups excluding carboxylic acids is 2. The molecule has 1 saturated heterocycles. The zero-order valence-electron chi connectivity index (χ0n) is 19.7. The van der Waals surface area contributed by atoms with Gasteiger partial charge in [-0.25, -0.2) is 0 Å². The van der Waals surface area contributed by atoms with Crippen molar-refractivity contribution in [2.24, 2.45) is 10.9 Å². The van der Waals surface area contributed by atoms with E-state index in [9.17, 15) is 9.59 Å². The van der Waals surface area contributed by atoms with Gasteiger partial charge in [-0.05, 0) is 44.5 Å². The molecule has 2 unspecified atom stereocenters. The lowest BCUT2D eigenvalue weighted by Crippen LogP contribution is -2.40. The summed E-state index contributed by atoms with van der Waals surface area (Å²) in [5.41, 5.74) is 2.30. The number of rotatable bonds is 9. The van der Waals surface area contributed by atoms with Crippen molar-refractivity contribution in [2.45, 2.75) is 32.6 Å². The summed E-state index contributed by atoms with van der Waals surface area (Å²) in [7, 11) is 0. The van der Waals surface area contributed by atoms with Crippen LogP contribution in [0.25, 0.3) is 0 Å². The van der Waals surface area contributed by atoms with Crippen LogP contribution in [0.1, 0.15) is 38.2 Å². The highest BCUT2D eigenvalue weighted by Gasteiger charge is 2.41. The highest BCUT2D eigenvalue weighted by molar-refractivity contribution is 6.30. The van der Waals surface area contributed by atoms with Gasteiger partial charge in [-0.3, -0.25) is 19.5 Å². The van der Waals surface area contributed by atoms with Gasteiger partial charge in [0, 0.05) is 47.6 Å². The highest BCUT2D eigenvalue weighted by atomic mass is 35.5. The topological polar surface area (TPSA) is 104 Å². The molecule has 1 aromatic carbocycles. The highest BCUT2D eigenvalue weighted by Crippen LogP contribution is 2.40. The van der Waals surface area contributed by atoms with Gasteiger partial charge in [-0.2, -0.15) is 5.26 Å². The van der Waals surface area contributed by atoms with Crippen molar-refractivity contribution in [1.29, 1.82) is 5.26 Å². The van der Waals surface area contributed by atoms with E-state index in [2.05, 4.69) is 15.2 Å². The molecule has 0 spiro atoms. The Kier molecular flexibility index (Phi) is 9.63. The number of benzene rings is 1. The second kappa shape index (κ2) is 12.7. The van der Waals surface area contributed by atoms with Gasteiger partial charge in [0.05, 0.1) is 25.7 Å². The molecule has 1 fully saturated rings. The fourth-order valence-electron chi connectivity index (χ4n) is 4.41. The number of carbonyl (C=O) groups is 2. The predicted molar refractivity (Wildman–Crippen MR) is 130 cm³/mol. The van der Waals surface area contributed by atoms with Crippen molar-refractivity contribution >= 4 is 29.2 Å². The van der Waals surface area contributed by atoms with Gasteiger partial charge in [0.1, 0.15) is 12.5 Å². The smallest absolute Gasteiger partial charge is 0.315 e. The zero-order valence-corrected chi connectivity index (χ0v) is 20.4. The zero-order chi connectivity index (χ0) is 24.5. The number of nitrogens with zero attached hydrogens (tertiary/aromatic N) is 3. The van der Waals surface area contributed by atoms with Crippen LogP contribution in [0, 0.1) is 17.2 Å². The Morgan fingerprint density at radius 2 is 2.09 bits per heavy atom. The Labute approximate surface area is 205 Å². The summed E-state index contributed by atoms with van der Waals surface area (Å²) < 4.78 is 10.7. The van der Waals surface area contributed by atoms with E-state index < -0.39 is 17.8 Å². The summed E-state index contributed by atoms with van der Waals surface area (Å²) in [5, 5.41) is 12.3. The van der Waals surface area contributed by atoms with E-state index in [1.54, 1.807) is 32.0 Å². The van der Waals surface area contributed by atoms with Gasteiger partial charge in [0.15, 0.2) is 0 Å². The third kappa shape index (κ3) is 6.66. The first-order valence-electron chi connectivity index (χ1n) is 11.6. The van der Waals surface area contributed by atoms with Crippen LogP contribution in [0.4, 0.5) is 0 Å². The molecule has 3 rings (SSSR count). The minimum Gasteiger partial charge on any atom is -0.464 e. The van der Waals surface area contributed by atoms with Crippen molar-refractivity contribution in [1.82, 2.24) is 10.2 Å². The quantitative estimate of drug-likeness (QED) is 0.425. The maximum absolute atomic E-state index is 13.4. The van der Waals surface area contributed by atoms with Crippen LogP contribution in [0.5, 0.6) is 0 Å². The van der Waals surface area contributed by atoms with E-state index in [1.807, 2.05) is 12.1 Å². The molecule has 0 radical (unpaired) electrons. The van der Waals surface area contributed by atoms with E-state index in [-0.39, 0.29) is 18.9 Å². The first kappa shape index (κ1) is 25.9. The van der Waals surface area contributed by atoms with Crippen LogP contribution in [-0.4, -0.2) is 68.5 Å². The number of amides is 1. The Bertz CT molecular complexity index is 995. The van der Waals surface area contributed by atoms with E-state index >= 15 is 0 Å². The van der Waals surface area contributed by atoms with E-state index in [0.717, 1.165) is 44.8 Å². The number of esters is 1. The fraction of sp³-hybridized carbons (Fsp3) is 0.520. The van der Waals surface area contributed by atoms with E-state index in [1.165, 1.54) is 0 Å². The number of allylic oxidation sites excluding steroid dienone is 1. The Hall–Kier alpha value is -2.73. The molecule has 2 aliphatic heterocycles. The van der Waals surface area contributed by atoms with Crippen LogP contribution >= 0.6 is 11.6 Å². The second-order valence-electron chi connectivity index (χ2n) is 8.40. The Balaban J connectivity index is 1.80. The molecular weight excluding hydrogens is 456 g/mol. The maximum Gasteiger partial charge on any atom is 0.315 e. The summed E-state index contributed by atoms with van der Waals surface area (Å²) in [4.78, 5) is 33.3. The lowest BCUT2D eigenvalue weighted by Gasteiger charge is -2.32. The number of ether oxygens (including phenoxy) is 2. The molecule has 34 heavy (non-hydrogen) atoms. The number of nitrogens with one attached hydrogen (secondary N) is 1.